The highest BCUT2D eigenvalue weighted by Gasteiger charge is 2.09. The number of para-hydroxylation sites is 1. The van der Waals surface area contributed by atoms with E-state index in [4.69, 9.17) is 0 Å². The predicted molar refractivity (Wildman–Crippen MR) is 63.0 cm³/mol. The van der Waals surface area contributed by atoms with Crippen LogP contribution in [0.3, 0.4) is 0 Å². The molecule has 2 heterocycles. The van der Waals surface area contributed by atoms with Gasteiger partial charge in [-0.1, -0.05) is 18.2 Å². The van der Waals surface area contributed by atoms with Crippen LogP contribution < -0.4 is 0 Å². The number of rotatable bonds is 0. The lowest BCUT2D eigenvalue weighted by molar-refractivity contribution is 1.01. The zero-order valence-corrected chi connectivity index (χ0v) is 8.86. The zero-order chi connectivity index (χ0) is 10.4. The minimum Gasteiger partial charge on any atom is -0.342 e. The summed E-state index contributed by atoms with van der Waals surface area (Å²) in [6.45, 7) is 2.14. The molecule has 15 heavy (non-hydrogen) atoms. The number of benzene rings is 1. The molecule has 3 aromatic rings. The van der Waals surface area contributed by atoms with E-state index in [1.54, 1.807) is 0 Å². The van der Waals surface area contributed by atoms with Gasteiger partial charge in [0.15, 0.2) is 0 Å². The van der Waals surface area contributed by atoms with Crippen molar-refractivity contribution >= 4 is 21.9 Å². The largest absolute Gasteiger partial charge is 0.342 e. The number of aromatic nitrogens is 2. The van der Waals surface area contributed by atoms with Crippen LogP contribution in [0, 0.1) is 6.92 Å². The number of fused-ring (bicyclic) bond motifs is 3. The molecular formula is C13H12N2. The first-order valence-corrected chi connectivity index (χ1v) is 5.08. The summed E-state index contributed by atoms with van der Waals surface area (Å²) in [6.07, 6.45) is 1.85. The number of nitrogens with zero attached hydrogens (tertiary/aromatic N) is 2. The van der Waals surface area contributed by atoms with E-state index in [2.05, 4.69) is 47.8 Å². The van der Waals surface area contributed by atoms with E-state index in [-0.39, 0.29) is 0 Å². The molecule has 0 fully saturated rings. The van der Waals surface area contributed by atoms with Gasteiger partial charge in [0, 0.05) is 18.6 Å². The van der Waals surface area contributed by atoms with Crippen molar-refractivity contribution in [3.05, 3.63) is 42.1 Å². The molecule has 0 spiro atoms. The van der Waals surface area contributed by atoms with Gasteiger partial charge in [0.05, 0.1) is 16.6 Å². The number of pyridine rings is 1. The minimum absolute atomic E-state index is 1.10. The highest BCUT2D eigenvalue weighted by molar-refractivity contribution is 6.06. The molecule has 3 rings (SSSR count). The average molecular weight is 196 g/mol. The van der Waals surface area contributed by atoms with Crippen molar-refractivity contribution in [1.29, 1.82) is 0 Å². The molecule has 0 aliphatic rings. The summed E-state index contributed by atoms with van der Waals surface area (Å²) in [6, 6.07) is 10.5. The molecule has 0 radical (unpaired) electrons. The van der Waals surface area contributed by atoms with Crippen LogP contribution in [0.1, 0.15) is 5.56 Å². The highest BCUT2D eigenvalue weighted by atomic mass is 15.0. The van der Waals surface area contributed by atoms with Gasteiger partial charge in [-0.25, -0.2) is 0 Å². The van der Waals surface area contributed by atoms with Gasteiger partial charge in [-0.2, -0.15) is 0 Å². The lowest BCUT2D eigenvalue weighted by Gasteiger charge is -2.00. The lowest BCUT2D eigenvalue weighted by Crippen LogP contribution is -1.88. The second kappa shape index (κ2) is 2.83. The second-order valence-electron chi connectivity index (χ2n) is 3.90. The lowest BCUT2D eigenvalue weighted by atomic mass is 10.1. The van der Waals surface area contributed by atoms with E-state index < -0.39 is 0 Å². The SMILES string of the molecule is Cc1cccc2c3ncccc3n(C)c12. The van der Waals surface area contributed by atoms with Crippen LogP contribution in [0.25, 0.3) is 21.9 Å². The van der Waals surface area contributed by atoms with Crippen molar-refractivity contribution in [2.75, 3.05) is 0 Å². The fourth-order valence-electron chi connectivity index (χ4n) is 2.29. The summed E-state index contributed by atoms with van der Waals surface area (Å²) >= 11 is 0. The summed E-state index contributed by atoms with van der Waals surface area (Å²) in [5, 5.41) is 1.24. The molecule has 0 saturated carbocycles. The summed E-state index contributed by atoms with van der Waals surface area (Å²) in [5.74, 6) is 0. The maximum absolute atomic E-state index is 4.45. The maximum Gasteiger partial charge on any atom is 0.0959 e. The first kappa shape index (κ1) is 8.48. The monoisotopic (exact) mass is 196 g/mol. The Labute approximate surface area is 88.2 Å². The minimum atomic E-state index is 1.10. The summed E-state index contributed by atoms with van der Waals surface area (Å²) in [4.78, 5) is 4.45. The normalized spacial score (nSPS) is 11.3. The predicted octanol–water partition coefficient (Wildman–Crippen LogP) is 3.03. The Morgan fingerprint density at radius 1 is 1.13 bits per heavy atom. The second-order valence-corrected chi connectivity index (χ2v) is 3.90. The van der Waals surface area contributed by atoms with Crippen molar-refractivity contribution in [3.8, 4) is 0 Å². The Morgan fingerprint density at radius 2 is 2.00 bits per heavy atom. The molecule has 0 aliphatic carbocycles. The van der Waals surface area contributed by atoms with Crippen molar-refractivity contribution < 1.29 is 0 Å². The summed E-state index contributed by atoms with van der Waals surface area (Å²) in [7, 11) is 2.10. The molecule has 0 bridgehead atoms. The topological polar surface area (TPSA) is 17.8 Å². The van der Waals surface area contributed by atoms with Gasteiger partial charge in [0.25, 0.3) is 0 Å². The zero-order valence-electron chi connectivity index (χ0n) is 8.86. The van der Waals surface area contributed by atoms with Crippen LogP contribution >= 0.6 is 0 Å². The molecule has 2 aromatic heterocycles. The summed E-state index contributed by atoms with van der Waals surface area (Å²) < 4.78 is 2.22. The third-order valence-corrected chi connectivity index (χ3v) is 2.98. The first-order chi connectivity index (χ1) is 7.29. The molecule has 2 heteroatoms. The molecule has 0 saturated heterocycles. The van der Waals surface area contributed by atoms with E-state index in [1.807, 2.05) is 12.3 Å². The van der Waals surface area contributed by atoms with E-state index >= 15 is 0 Å². The average Bonchev–Trinajstić information content (AvgIpc) is 2.55. The van der Waals surface area contributed by atoms with E-state index in [9.17, 15) is 0 Å². The summed E-state index contributed by atoms with van der Waals surface area (Å²) in [5.41, 5.74) is 4.87. The smallest absolute Gasteiger partial charge is 0.0959 e. The number of aryl methyl sites for hydroxylation is 2. The van der Waals surface area contributed by atoms with Gasteiger partial charge in [-0.05, 0) is 24.6 Å². The van der Waals surface area contributed by atoms with Gasteiger partial charge >= 0.3 is 0 Å². The third-order valence-electron chi connectivity index (χ3n) is 2.98. The van der Waals surface area contributed by atoms with Gasteiger partial charge in [0.1, 0.15) is 0 Å². The van der Waals surface area contributed by atoms with Crippen molar-refractivity contribution in [1.82, 2.24) is 9.55 Å². The van der Waals surface area contributed by atoms with E-state index in [1.165, 1.54) is 22.0 Å². The fraction of sp³-hybridized carbons (Fsp3) is 0.154. The standard InChI is InChI=1S/C13H12N2/c1-9-5-3-6-10-12-11(7-4-8-14-12)15(2)13(9)10/h3-8H,1-2H3. The van der Waals surface area contributed by atoms with Gasteiger partial charge in [-0.15, -0.1) is 0 Å². The van der Waals surface area contributed by atoms with Crippen molar-refractivity contribution in [2.24, 2.45) is 7.05 Å². The van der Waals surface area contributed by atoms with Crippen molar-refractivity contribution in [2.45, 2.75) is 6.92 Å². The molecule has 0 atom stereocenters. The third kappa shape index (κ3) is 1.02. The molecule has 74 valence electrons. The van der Waals surface area contributed by atoms with Crippen LogP contribution in [-0.2, 0) is 7.05 Å². The Hall–Kier alpha value is -1.83. The molecule has 0 unspecified atom stereocenters. The van der Waals surface area contributed by atoms with Gasteiger partial charge in [0.2, 0.25) is 0 Å². The van der Waals surface area contributed by atoms with Crippen LogP contribution in [0.4, 0.5) is 0 Å². The molecule has 1 aromatic carbocycles. The fourth-order valence-corrected chi connectivity index (χ4v) is 2.29. The molecule has 2 nitrogen and oxygen atoms in total. The van der Waals surface area contributed by atoms with Crippen LogP contribution in [0.5, 0.6) is 0 Å². The molecule has 0 N–H and O–H groups in total. The molecule has 0 aliphatic heterocycles. The first-order valence-electron chi connectivity index (χ1n) is 5.08. The Bertz CT molecular complexity index is 650. The Morgan fingerprint density at radius 3 is 2.87 bits per heavy atom. The van der Waals surface area contributed by atoms with Crippen LogP contribution in [0.2, 0.25) is 0 Å². The van der Waals surface area contributed by atoms with Crippen molar-refractivity contribution in [3.63, 3.8) is 0 Å². The van der Waals surface area contributed by atoms with Gasteiger partial charge in [-0.3, -0.25) is 4.98 Å². The quantitative estimate of drug-likeness (QED) is 0.540. The van der Waals surface area contributed by atoms with Crippen LogP contribution in [-0.4, -0.2) is 9.55 Å². The molecular weight excluding hydrogens is 184 g/mol. The van der Waals surface area contributed by atoms with Gasteiger partial charge < -0.3 is 4.57 Å². The Balaban J connectivity index is 2.69. The number of hydrogen-bond acceptors (Lipinski definition) is 1. The molecule has 0 amide bonds. The number of hydrogen-bond donors (Lipinski definition) is 0. The van der Waals surface area contributed by atoms with E-state index in [0.29, 0.717) is 0 Å². The highest BCUT2D eigenvalue weighted by Crippen LogP contribution is 2.27. The van der Waals surface area contributed by atoms with E-state index in [0.717, 1.165) is 5.52 Å². The van der Waals surface area contributed by atoms with Crippen LogP contribution in [0.15, 0.2) is 36.5 Å². The maximum atomic E-state index is 4.45. The Kier molecular flexibility index (Phi) is 1.60.